The van der Waals surface area contributed by atoms with Crippen molar-refractivity contribution in [3.63, 3.8) is 0 Å². The molecule has 4 aromatic rings. The number of carbonyl (C=O) groups is 1. The summed E-state index contributed by atoms with van der Waals surface area (Å²) in [4.78, 5) is 17.4. The maximum atomic E-state index is 12.8. The van der Waals surface area contributed by atoms with Crippen molar-refractivity contribution < 1.29 is 14.3 Å². The van der Waals surface area contributed by atoms with Gasteiger partial charge < -0.3 is 20.1 Å². The lowest BCUT2D eigenvalue weighted by Crippen LogP contribution is -2.30. The number of hydrogen-bond acceptors (Lipinski definition) is 7. The summed E-state index contributed by atoms with van der Waals surface area (Å²) in [7, 11) is 4.96. The average molecular weight is 450 g/mol. The van der Waals surface area contributed by atoms with Crippen LogP contribution in [-0.2, 0) is 4.74 Å². The Balaban J connectivity index is 1.56. The fourth-order valence-electron chi connectivity index (χ4n) is 4.55. The van der Waals surface area contributed by atoms with E-state index in [1.54, 1.807) is 30.3 Å². The Morgan fingerprint density at radius 3 is 2.61 bits per heavy atom. The number of methoxy groups -OCH3 is 2. The van der Waals surface area contributed by atoms with Crippen LogP contribution < -0.4 is 15.4 Å². The Kier molecular flexibility index (Phi) is 5.59. The van der Waals surface area contributed by atoms with Crippen molar-refractivity contribution in [2.24, 2.45) is 0 Å². The molecule has 0 atom stereocenters. The quantitative estimate of drug-likeness (QED) is 0.466. The van der Waals surface area contributed by atoms with Crippen LogP contribution in [0.3, 0.4) is 0 Å². The summed E-state index contributed by atoms with van der Waals surface area (Å²) in [6.45, 7) is 0. The second-order valence-corrected chi connectivity index (χ2v) is 8.15. The van der Waals surface area contributed by atoms with Crippen LogP contribution in [-0.4, -0.2) is 63.5 Å². The number of ether oxygens (including phenoxy) is 2. The van der Waals surface area contributed by atoms with Crippen molar-refractivity contribution in [3.05, 3.63) is 42.2 Å². The number of aromatic nitrogens is 5. The molecule has 33 heavy (non-hydrogen) atoms. The Hall–Kier alpha value is -3.66. The van der Waals surface area contributed by atoms with Crippen molar-refractivity contribution in [1.82, 2.24) is 29.5 Å². The van der Waals surface area contributed by atoms with Crippen molar-refractivity contribution in [1.29, 1.82) is 0 Å². The largest absolute Gasteiger partial charge is 0.479 e. The van der Waals surface area contributed by atoms with E-state index in [0.717, 1.165) is 36.8 Å². The molecule has 1 aliphatic rings. The number of nitrogens with one attached hydrogen (secondary N) is 2. The number of rotatable bonds is 6. The predicted molar refractivity (Wildman–Crippen MR) is 124 cm³/mol. The third-order valence-electron chi connectivity index (χ3n) is 6.26. The number of hydrogen-bond donors (Lipinski definition) is 2. The zero-order valence-electron chi connectivity index (χ0n) is 18.9. The maximum Gasteiger partial charge on any atom is 0.255 e. The molecule has 0 unspecified atom stereocenters. The van der Waals surface area contributed by atoms with Gasteiger partial charge in [-0.05, 0) is 43.9 Å². The summed E-state index contributed by atoms with van der Waals surface area (Å²) in [6.07, 6.45) is 7.99. The van der Waals surface area contributed by atoms with Crippen LogP contribution in [0.4, 0.5) is 5.95 Å². The average Bonchev–Trinajstić information content (AvgIpc) is 3.45. The summed E-state index contributed by atoms with van der Waals surface area (Å²) in [5.41, 5.74) is 3.13. The Morgan fingerprint density at radius 2 is 1.88 bits per heavy atom. The van der Waals surface area contributed by atoms with Gasteiger partial charge in [0.1, 0.15) is 11.2 Å². The minimum absolute atomic E-state index is 0.213. The van der Waals surface area contributed by atoms with Gasteiger partial charge in [-0.3, -0.25) is 4.79 Å². The van der Waals surface area contributed by atoms with E-state index < -0.39 is 0 Å². The lowest BCUT2D eigenvalue weighted by Gasteiger charge is -2.28. The lowest BCUT2D eigenvalue weighted by molar-refractivity contribution is 0.0681. The topological polar surface area (TPSA) is 107 Å². The number of pyridine rings is 1. The fraction of sp³-hybridized carbons (Fsp3) is 0.391. The van der Waals surface area contributed by atoms with E-state index in [9.17, 15) is 4.79 Å². The van der Waals surface area contributed by atoms with Crippen LogP contribution >= 0.6 is 0 Å². The summed E-state index contributed by atoms with van der Waals surface area (Å²) < 4.78 is 14.5. The standard InChI is InChI=1S/C23H27N7O3/c1-24-21(31)18-17-6-4-5-12-29(17)27-19(18)16-11-13-30-20(16)22(33-3)26-23(28-30)25-14-7-9-15(32-2)10-8-14/h4-6,11-15H,7-10H2,1-3H3,(H,24,31)(H,25,28). The highest BCUT2D eigenvalue weighted by atomic mass is 16.5. The third kappa shape index (κ3) is 3.76. The first kappa shape index (κ1) is 21.2. The molecule has 1 amide bonds. The molecule has 0 spiro atoms. The second-order valence-electron chi connectivity index (χ2n) is 8.15. The molecule has 2 N–H and O–H groups in total. The molecule has 10 nitrogen and oxygen atoms in total. The van der Waals surface area contributed by atoms with Crippen LogP contribution in [0.25, 0.3) is 22.3 Å². The Morgan fingerprint density at radius 1 is 1.06 bits per heavy atom. The van der Waals surface area contributed by atoms with E-state index in [4.69, 9.17) is 9.47 Å². The van der Waals surface area contributed by atoms with E-state index in [-0.39, 0.29) is 11.9 Å². The SMILES string of the molecule is CNC(=O)c1c(-c2ccn3nc(NC4CCC(OC)CC4)nc(OC)c23)nn2ccccc12. The van der Waals surface area contributed by atoms with Gasteiger partial charge in [0, 0.05) is 38.2 Å². The summed E-state index contributed by atoms with van der Waals surface area (Å²) in [6, 6.07) is 7.79. The first-order valence-corrected chi connectivity index (χ1v) is 11.1. The molecule has 4 aromatic heterocycles. The molecule has 0 bridgehead atoms. The first-order valence-electron chi connectivity index (χ1n) is 11.1. The summed E-state index contributed by atoms with van der Waals surface area (Å²) >= 11 is 0. The maximum absolute atomic E-state index is 12.8. The summed E-state index contributed by atoms with van der Waals surface area (Å²) in [5, 5.41) is 15.5. The molecule has 0 radical (unpaired) electrons. The van der Waals surface area contributed by atoms with Crippen LogP contribution in [0.1, 0.15) is 36.0 Å². The number of carbonyl (C=O) groups excluding carboxylic acids is 1. The van der Waals surface area contributed by atoms with Crippen LogP contribution in [0.2, 0.25) is 0 Å². The van der Waals surface area contributed by atoms with Crippen LogP contribution in [0, 0.1) is 0 Å². The monoisotopic (exact) mass is 449 g/mol. The van der Waals surface area contributed by atoms with Crippen LogP contribution in [0.15, 0.2) is 36.7 Å². The van der Waals surface area contributed by atoms with Crippen molar-refractivity contribution >= 4 is 22.9 Å². The van der Waals surface area contributed by atoms with E-state index in [2.05, 4.69) is 25.8 Å². The zero-order valence-corrected chi connectivity index (χ0v) is 18.9. The third-order valence-corrected chi connectivity index (χ3v) is 6.26. The molecular formula is C23H27N7O3. The lowest BCUT2D eigenvalue weighted by atomic mass is 9.93. The highest BCUT2D eigenvalue weighted by molar-refractivity contribution is 6.08. The molecule has 10 heteroatoms. The van der Waals surface area contributed by atoms with Gasteiger partial charge >= 0.3 is 0 Å². The van der Waals surface area contributed by atoms with Crippen molar-refractivity contribution in [2.75, 3.05) is 26.6 Å². The van der Waals surface area contributed by atoms with E-state index in [0.29, 0.717) is 34.7 Å². The van der Waals surface area contributed by atoms with Gasteiger partial charge in [-0.1, -0.05) is 6.07 Å². The Bertz CT molecular complexity index is 1300. The molecule has 1 saturated carbocycles. The van der Waals surface area contributed by atoms with Gasteiger partial charge in [-0.2, -0.15) is 10.1 Å². The highest BCUT2D eigenvalue weighted by Gasteiger charge is 2.26. The minimum atomic E-state index is -0.213. The minimum Gasteiger partial charge on any atom is -0.479 e. The van der Waals surface area contributed by atoms with Crippen molar-refractivity contribution in [2.45, 2.75) is 37.8 Å². The van der Waals surface area contributed by atoms with Crippen molar-refractivity contribution in [3.8, 4) is 17.1 Å². The van der Waals surface area contributed by atoms with Gasteiger partial charge in [-0.25, -0.2) is 9.03 Å². The fourth-order valence-corrected chi connectivity index (χ4v) is 4.55. The number of anilines is 1. The second kappa shape index (κ2) is 8.70. The van der Waals surface area contributed by atoms with E-state index in [1.165, 1.54) is 0 Å². The van der Waals surface area contributed by atoms with E-state index in [1.807, 2.05) is 36.7 Å². The molecule has 4 heterocycles. The Labute approximate surface area is 190 Å². The molecule has 0 aromatic carbocycles. The van der Waals surface area contributed by atoms with E-state index >= 15 is 0 Å². The summed E-state index contributed by atoms with van der Waals surface area (Å²) in [5.74, 6) is 0.706. The zero-order chi connectivity index (χ0) is 22.9. The van der Waals surface area contributed by atoms with Gasteiger partial charge in [0.05, 0.1) is 24.3 Å². The van der Waals surface area contributed by atoms with Gasteiger partial charge in [0.15, 0.2) is 0 Å². The predicted octanol–water partition coefficient (Wildman–Crippen LogP) is 2.78. The molecule has 0 aliphatic heterocycles. The molecule has 1 aliphatic carbocycles. The highest BCUT2D eigenvalue weighted by Crippen LogP contribution is 2.34. The normalized spacial score (nSPS) is 18.5. The molecule has 1 fully saturated rings. The number of nitrogens with zero attached hydrogens (tertiary/aromatic N) is 5. The van der Waals surface area contributed by atoms with Gasteiger partial charge in [-0.15, -0.1) is 5.10 Å². The van der Waals surface area contributed by atoms with Gasteiger partial charge in [0.2, 0.25) is 11.8 Å². The molecule has 172 valence electrons. The van der Waals surface area contributed by atoms with Gasteiger partial charge in [0.25, 0.3) is 5.91 Å². The molecular weight excluding hydrogens is 422 g/mol. The first-order chi connectivity index (χ1) is 16.1. The van der Waals surface area contributed by atoms with Crippen LogP contribution in [0.5, 0.6) is 5.88 Å². The number of fused-ring (bicyclic) bond motifs is 2. The molecule has 0 saturated heterocycles. The molecule has 5 rings (SSSR count). The smallest absolute Gasteiger partial charge is 0.255 e. The number of amides is 1.